The van der Waals surface area contributed by atoms with Gasteiger partial charge in [0.2, 0.25) is 11.8 Å². The minimum atomic E-state index is -0.308. The number of carbonyl (C=O) groups excluding carboxylic acids is 2. The lowest BCUT2D eigenvalue weighted by Crippen LogP contribution is -2.39. The van der Waals surface area contributed by atoms with Gasteiger partial charge in [0.25, 0.3) is 0 Å². The topological polar surface area (TPSA) is 62.6 Å². The standard InChI is InChI=1S/C15H14Cl2N2O3/c1-10(20)19(11-4-5-13(16)14(17)7-11)9-15(21)18-8-12-3-2-6-22-12/h2-7H,8-9H2,1H3,(H,18,21). The van der Waals surface area contributed by atoms with Crippen molar-refractivity contribution in [3.63, 3.8) is 0 Å². The second-order valence-electron chi connectivity index (χ2n) is 4.56. The minimum absolute atomic E-state index is 0.117. The zero-order valence-corrected chi connectivity index (χ0v) is 13.3. The molecule has 0 spiro atoms. The van der Waals surface area contributed by atoms with Gasteiger partial charge < -0.3 is 14.6 Å². The molecule has 1 aromatic heterocycles. The summed E-state index contributed by atoms with van der Waals surface area (Å²) in [5, 5.41) is 3.39. The highest BCUT2D eigenvalue weighted by Crippen LogP contribution is 2.27. The lowest BCUT2D eigenvalue weighted by Gasteiger charge is -2.21. The van der Waals surface area contributed by atoms with Gasteiger partial charge in [0.15, 0.2) is 0 Å². The highest BCUT2D eigenvalue weighted by molar-refractivity contribution is 6.42. The van der Waals surface area contributed by atoms with Crippen LogP contribution in [-0.2, 0) is 16.1 Å². The SMILES string of the molecule is CC(=O)N(CC(=O)NCc1ccco1)c1ccc(Cl)c(Cl)c1. The van der Waals surface area contributed by atoms with E-state index in [0.717, 1.165) is 0 Å². The molecule has 116 valence electrons. The average Bonchev–Trinajstić information content (AvgIpc) is 2.98. The first kappa shape index (κ1) is 16.4. The van der Waals surface area contributed by atoms with Crippen molar-refractivity contribution < 1.29 is 14.0 Å². The van der Waals surface area contributed by atoms with Gasteiger partial charge in [-0.3, -0.25) is 9.59 Å². The van der Waals surface area contributed by atoms with E-state index in [1.165, 1.54) is 18.1 Å². The van der Waals surface area contributed by atoms with Gasteiger partial charge in [0.05, 0.1) is 22.9 Å². The second-order valence-corrected chi connectivity index (χ2v) is 5.37. The Morgan fingerprint density at radius 1 is 1.23 bits per heavy atom. The maximum absolute atomic E-state index is 12.0. The van der Waals surface area contributed by atoms with Crippen molar-refractivity contribution in [2.24, 2.45) is 0 Å². The molecular formula is C15H14Cl2N2O3. The lowest BCUT2D eigenvalue weighted by atomic mass is 10.2. The van der Waals surface area contributed by atoms with E-state index in [1.54, 1.807) is 30.3 Å². The molecular weight excluding hydrogens is 327 g/mol. The molecule has 2 rings (SSSR count). The number of nitrogens with one attached hydrogen (secondary N) is 1. The highest BCUT2D eigenvalue weighted by atomic mass is 35.5. The van der Waals surface area contributed by atoms with Crippen molar-refractivity contribution in [2.45, 2.75) is 13.5 Å². The van der Waals surface area contributed by atoms with Crippen molar-refractivity contribution in [3.8, 4) is 0 Å². The zero-order chi connectivity index (χ0) is 16.1. The fourth-order valence-electron chi connectivity index (χ4n) is 1.84. The number of carbonyl (C=O) groups is 2. The zero-order valence-electron chi connectivity index (χ0n) is 11.8. The van der Waals surface area contributed by atoms with E-state index in [-0.39, 0.29) is 24.9 Å². The summed E-state index contributed by atoms with van der Waals surface area (Å²) in [4.78, 5) is 25.1. The van der Waals surface area contributed by atoms with E-state index in [9.17, 15) is 9.59 Å². The predicted octanol–water partition coefficient (Wildman–Crippen LogP) is 3.26. The molecule has 0 fully saturated rings. The summed E-state index contributed by atoms with van der Waals surface area (Å²) in [6.07, 6.45) is 1.53. The van der Waals surface area contributed by atoms with E-state index in [4.69, 9.17) is 27.6 Å². The summed E-state index contributed by atoms with van der Waals surface area (Å²) in [5.74, 6) is 0.0569. The Kier molecular flexibility index (Phi) is 5.46. The molecule has 0 unspecified atom stereocenters. The van der Waals surface area contributed by atoms with Crippen molar-refractivity contribution in [1.29, 1.82) is 0 Å². The van der Waals surface area contributed by atoms with Crippen LogP contribution >= 0.6 is 23.2 Å². The molecule has 2 aromatic rings. The van der Waals surface area contributed by atoms with Crippen LogP contribution in [0.5, 0.6) is 0 Å². The molecule has 1 heterocycles. The van der Waals surface area contributed by atoms with Gasteiger partial charge in [0, 0.05) is 12.6 Å². The molecule has 1 aromatic carbocycles. The molecule has 0 aliphatic heterocycles. The van der Waals surface area contributed by atoms with E-state index in [0.29, 0.717) is 21.5 Å². The Balaban J connectivity index is 2.03. The van der Waals surface area contributed by atoms with E-state index < -0.39 is 0 Å². The number of amides is 2. The van der Waals surface area contributed by atoms with E-state index in [1.807, 2.05) is 0 Å². The number of rotatable bonds is 5. The average molecular weight is 341 g/mol. The number of nitrogens with zero attached hydrogens (tertiary/aromatic N) is 1. The summed E-state index contributed by atoms with van der Waals surface area (Å²) in [6.45, 7) is 1.52. The Hall–Kier alpha value is -1.98. The molecule has 22 heavy (non-hydrogen) atoms. The maximum atomic E-state index is 12.0. The Morgan fingerprint density at radius 3 is 2.59 bits per heavy atom. The quantitative estimate of drug-likeness (QED) is 0.908. The fraction of sp³-hybridized carbons (Fsp3) is 0.200. The predicted molar refractivity (Wildman–Crippen MR) is 85.0 cm³/mol. The molecule has 0 atom stereocenters. The van der Waals surface area contributed by atoms with Gasteiger partial charge >= 0.3 is 0 Å². The summed E-state index contributed by atoms with van der Waals surface area (Å²) in [7, 11) is 0. The van der Waals surface area contributed by atoms with Crippen molar-refractivity contribution >= 4 is 40.7 Å². The number of anilines is 1. The summed E-state index contributed by atoms with van der Waals surface area (Å²) < 4.78 is 5.12. The molecule has 0 radical (unpaired) electrons. The van der Waals surface area contributed by atoms with Crippen LogP contribution in [0.25, 0.3) is 0 Å². The maximum Gasteiger partial charge on any atom is 0.240 e. The largest absolute Gasteiger partial charge is 0.467 e. The smallest absolute Gasteiger partial charge is 0.240 e. The Labute approximate surface area is 137 Å². The molecule has 0 aliphatic rings. The molecule has 0 saturated carbocycles. The second kappa shape index (κ2) is 7.33. The van der Waals surface area contributed by atoms with Gasteiger partial charge in [-0.2, -0.15) is 0 Å². The molecule has 0 aliphatic carbocycles. The van der Waals surface area contributed by atoms with Gasteiger partial charge in [-0.15, -0.1) is 0 Å². The van der Waals surface area contributed by atoms with Crippen molar-refractivity contribution in [1.82, 2.24) is 5.32 Å². The van der Waals surface area contributed by atoms with Gasteiger partial charge in [0.1, 0.15) is 12.3 Å². The van der Waals surface area contributed by atoms with Crippen LogP contribution < -0.4 is 10.2 Å². The molecule has 5 nitrogen and oxygen atoms in total. The molecule has 0 saturated heterocycles. The fourth-order valence-corrected chi connectivity index (χ4v) is 2.13. The van der Waals surface area contributed by atoms with Crippen LogP contribution in [0.15, 0.2) is 41.0 Å². The monoisotopic (exact) mass is 340 g/mol. The molecule has 0 bridgehead atoms. The molecule has 2 amide bonds. The number of benzene rings is 1. The first-order valence-electron chi connectivity index (χ1n) is 6.49. The van der Waals surface area contributed by atoms with Crippen LogP contribution in [0.3, 0.4) is 0 Å². The number of hydrogen-bond donors (Lipinski definition) is 1. The summed E-state index contributed by atoms with van der Waals surface area (Å²) in [5.41, 5.74) is 0.509. The van der Waals surface area contributed by atoms with Crippen LogP contribution in [0.4, 0.5) is 5.69 Å². The van der Waals surface area contributed by atoms with Gasteiger partial charge in [-0.05, 0) is 30.3 Å². The highest BCUT2D eigenvalue weighted by Gasteiger charge is 2.16. The summed E-state index contributed by atoms with van der Waals surface area (Å²) in [6, 6.07) is 8.25. The third-order valence-electron chi connectivity index (χ3n) is 2.94. The molecule has 7 heteroatoms. The summed E-state index contributed by atoms with van der Waals surface area (Å²) >= 11 is 11.8. The normalized spacial score (nSPS) is 10.3. The van der Waals surface area contributed by atoms with Crippen LogP contribution in [0.2, 0.25) is 10.0 Å². The minimum Gasteiger partial charge on any atom is -0.467 e. The van der Waals surface area contributed by atoms with Gasteiger partial charge in [-0.1, -0.05) is 23.2 Å². The third kappa shape index (κ3) is 4.26. The Bertz CT molecular complexity index is 671. The van der Waals surface area contributed by atoms with Crippen molar-refractivity contribution in [3.05, 3.63) is 52.4 Å². The number of halogens is 2. The van der Waals surface area contributed by atoms with Crippen LogP contribution in [-0.4, -0.2) is 18.4 Å². The number of hydrogen-bond acceptors (Lipinski definition) is 3. The van der Waals surface area contributed by atoms with Crippen LogP contribution in [0.1, 0.15) is 12.7 Å². The third-order valence-corrected chi connectivity index (χ3v) is 3.68. The molecule has 1 N–H and O–H groups in total. The van der Waals surface area contributed by atoms with Crippen LogP contribution in [0, 0.1) is 0 Å². The Morgan fingerprint density at radius 2 is 2.00 bits per heavy atom. The number of furan rings is 1. The van der Waals surface area contributed by atoms with Crippen molar-refractivity contribution in [2.75, 3.05) is 11.4 Å². The van der Waals surface area contributed by atoms with E-state index in [2.05, 4.69) is 5.32 Å². The first-order valence-corrected chi connectivity index (χ1v) is 7.25. The van der Waals surface area contributed by atoms with E-state index >= 15 is 0 Å². The first-order chi connectivity index (χ1) is 10.5. The lowest BCUT2D eigenvalue weighted by molar-refractivity contribution is -0.123. The van der Waals surface area contributed by atoms with Gasteiger partial charge in [-0.25, -0.2) is 0 Å².